The van der Waals surface area contributed by atoms with Crippen LogP contribution in [0.5, 0.6) is 5.88 Å². The first kappa shape index (κ1) is 19.4. The molecule has 1 aromatic heterocycles. The summed E-state index contributed by atoms with van der Waals surface area (Å²) in [6, 6.07) is 13.8. The quantitative estimate of drug-likeness (QED) is 0.587. The maximum Gasteiger partial charge on any atom is 0.247 e. The van der Waals surface area contributed by atoms with Crippen LogP contribution in [-0.4, -0.2) is 27.3 Å². The average Bonchev–Trinajstić information content (AvgIpc) is 2.89. The van der Waals surface area contributed by atoms with Crippen LogP contribution in [0.3, 0.4) is 0 Å². The Bertz CT molecular complexity index is 1090. The normalized spacial score (nSPS) is 15.2. The molecule has 0 bridgehead atoms. The molecular formula is C22H22N4O2S. The smallest absolute Gasteiger partial charge is 0.247 e. The summed E-state index contributed by atoms with van der Waals surface area (Å²) in [6.45, 7) is 5.91. The fourth-order valence-electron chi connectivity index (χ4n) is 3.47. The van der Waals surface area contributed by atoms with Crippen molar-refractivity contribution in [1.82, 2.24) is 15.2 Å². The van der Waals surface area contributed by atoms with E-state index in [1.165, 1.54) is 11.8 Å². The summed E-state index contributed by atoms with van der Waals surface area (Å²) < 4.78 is 6.42. The summed E-state index contributed by atoms with van der Waals surface area (Å²) in [5, 5.41) is 9.10. The molecule has 6 nitrogen and oxygen atoms in total. The lowest BCUT2D eigenvalue weighted by Gasteiger charge is -2.31. The number of hydrogen-bond donors (Lipinski definition) is 0. The molecule has 0 aliphatic carbocycles. The van der Waals surface area contributed by atoms with Gasteiger partial charge in [-0.3, -0.25) is 9.69 Å². The highest BCUT2D eigenvalue weighted by molar-refractivity contribution is 7.98. The number of fused-ring (bicyclic) bond motifs is 3. The fraction of sp³-hybridized carbons (Fsp3) is 0.273. The SMILES string of the molecule is CCC(=O)N1c2ccccc2-c2nnc(SC)nc2O[C@H]1c1cc(C)ccc1C. The predicted molar refractivity (Wildman–Crippen MR) is 114 cm³/mol. The largest absolute Gasteiger partial charge is 0.447 e. The van der Waals surface area contributed by atoms with Crippen molar-refractivity contribution in [2.75, 3.05) is 11.2 Å². The molecule has 4 rings (SSSR count). The number of nitrogens with zero attached hydrogens (tertiary/aromatic N) is 4. The molecule has 0 N–H and O–H groups in total. The molecule has 0 radical (unpaired) electrons. The van der Waals surface area contributed by atoms with Crippen molar-refractivity contribution >= 4 is 23.4 Å². The van der Waals surface area contributed by atoms with E-state index in [1.807, 2.05) is 57.4 Å². The van der Waals surface area contributed by atoms with Crippen LogP contribution in [0.1, 0.15) is 36.3 Å². The maximum atomic E-state index is 13.1. The second kappa shape index (κ2) is 7.83. The van der Waals surface area contributed by atoms with Crippen LogP contribution < -0.4 is 9.64 Å². The highest BCUT2D eigenvalue weighted by Gasteiger charge is 2.35. The van der Waals surface area contributed by atoms with Gasteiger partial charge >= 0.3 is 0 Å². The highest BCUT2D eigenvalue weighted by Crippen LogP contribution is 2.44. The topological polar surface area (TPSA) is 68.2 Å². The van der Waals surface area contributed by atoms with Gasteiger partial charge in [0.25, 0.3) is 0 Å². The first-order chi connectivity index (χ1) is 14.0. The van der Waals surface area contributed by atoms with Gasteiger partial charge in [-0.25, -0.2) is 0 Å². The minimum atomic E-state index is -0.642. The number of carbonyl (C=O) groups excluding carboxylic acids is 1. The van der Waals surface area contributed by atoms with Crippen LogP contribution in [0.2, 0.25) is 0 Å². The molecule has 1 aliphatic rings. The molecule has 7 heteroatoms. The third kappa shape index (κ3) is 3.46. The second-order valence-corrected chi connectivity index (χ2v) is 7.69. The van der Waals surface area contributed by atoms with Gasteiger partial charge in [0.2, 0.25) is 23.2 Å². The number of aromatic nitrogens is 3. The molecule has 0 saturated heterocycles. The zero-order valence-corrected chi connectivity index (χ0v) is 17.7. The molecule has 3 aromatic rings. The van der Waals surface area contributed by atoms with Crippen LogP contribution in [0.4, 0.5) is 5.69 Å². The van der Waals surface area contributed by atoms with Crippen LogP contribution in [0, 0.1) is 13.8 Å². The van der Waals surface area contributed by atoms with Gasteiger partial charge in [0.15, 0.2) is 5.69 Å². The molecule has 2 heterocycles. The third-order valence-electron chi connectivity index (χ3n) is 4.97. The van der Waals surface area contributed by atoms with Gasteiger partial charge in [0.05, 0.1) is 5.69 Å². The lowest BCUT2D eigenvalue weighted by molar-refractivity contribution is -0.120. The summed E-state index contributed by atoms with van der Waals surface area (Å²) in [6.07, 6.45) is 1.60. The Morgan fingerprint density at radius 3 is 2.72 bits per heavy atom. The van der Waals surface area contributed by atoms with Crippen LogP contribution in [0.15, 0.2) is 47.6 Å². The van der Waals surface area contributed by atoms with E-state index in [4.69, 9.17) is 4.74 Å². The highest BCUT2D eigenvalue weighted by atomic mass is 32.2. The minimum absolute atomic E-state index is 0.0331. The third-order valence-corrected chi connectivity index (χ3v) is 5.50. The van der Waals surface area contributed by atoms with Crippen molar-refractivity contribution < 1.29 is 9.53 Å². The van der Waals surface area contributed by atoms with E-state index < -0.39 is 6.23 Å². The lowest BCUT2D eigenvalue weighted by Crippen LogP contribution is -2.37. The summed E-state index contributed by atoms with van der Waals surface area (Å²) in [5.74, 6) is 0.350. The van der Waals surface area contributed by atoms with Gasteiger partial charge in [-0.1, -0.05) is 60.6 Å². The van der Waals surface area contributed by atoms with Gasteiger partial charge < -0.3 is 4.74 Å². The molecule has 2 aromatic carbocycles. The molecule has 1 atom stereocenters. The Morgan fingerprint density at radius 1 is 1.17 bits per heavy atom. The summed E-state index contributed by atoms with van der Waals surface area (Å²) in [4.78, 5) is 19.4. The standard InChI is InChI=1S/C22H22N4O2S/c1-5-18(27)26-17-9-7-6-8-15(17)19-20(23-22(29-4)25-24-19)28-21(26)16-12-13(2)10-11-14(16)3/h6-12,21H,5H2,1-4H3/t21-/m0/s1. The summed E-state index contributed by atoms with van der Waals surface area (Å²) in [5.41, 5.74) is 5.14. The lowest BCUT2D eigenvalue weighted by atomic mass is 10.0. The zero-order valence-electron chi connectivity index (χ0n) is 16.8. The molecule has 29 heavy (non-hydrogen) atoms. The summed E-state index contributed by atoms with van der Waals surface area (Å²) >= 11 is 1.40. The number of ether oxygens (including phenoxy) is 1. The van der Waals surface area contributed by atoms with E-state index in [0.29, 0.717) is 23.2 Å². The number of benzene rings is 2. The minimum Gasteiger partial charge on any atom is -0.447 e. The Labute approximate surface area is 174 Å². The maximum absolute atomic E-state index is 13.1. The molecule has 148 valence electrons. The van der Waals surface area contributed by atoms with Gasteiger partial charge in [0, 0.05) is 17.5 Å². The zero-order chi connectivity index (χ0) is 20.5. The van der Waals surface area contributed by atoms with Crippen LogP contribution >= 0.6 is 11.8 Å². The first-order valence-electron chi connectivity index (χ1n) is 9.47. The Balaban J connectivity index is 2.01. The van der Waals surface area contributed by atoms with E-state index in [-0.39, 0.29) is 5.91 Å². The van der Waals surface area contributed by atoms with Crippen molar-refractivity contribution in [3.8, 4) is 17.1 Å². The van der Waals surface area contributed by atoms with Gasteiger partial charge in [0.1, 0.15) is 0 Å². The van der Waals surface area contributed by atoms with Crippen molar-refractivity contribution in [2.45, 2.75) is 38.6 Å². The molecule has 0 fully saturated rings. The fourth-order valence-corrected chi connectivity index (χ4v) is 3.76. The number of amides is 1. The van der Waals surface area contributed by atoms with E-state index in [9.17, 15) is 4.79 Å². The number of carbonyl (C=O) groups is 1. The van der Waals surface area contributed by atoms with E-state index >= 15 is 0 Å². The van der Waals surface area contributed by atoms with Gasteiger partial charge in [-0.2, -0.15) is 4.98 Å². The molecule has 0 unspecified atom stereocenters. The molecule has 0 spiro atoms. The average molecular weight is 407 g/mol. The van der Waals surface area contributed by atoms with E-state index in [1.54, 1.807) is 4.90 Å². The van der Waals surface area contributed by atoms with E-state index in [2.05, 4.69) is 27.3 Å². The summed E-state index contributed by atoms with van der Waals surface area (Å²) in [7, 11) is 0. The van der Waals surface area contributed by atoms with Crippen molar-refractivity contribution in [3.05, 3.63) is 59.2 Å². The monoisotopic (exact) mass is 406 g/mol. The van der Waals surface area contributed by atoms with Crippen LogP contribution in [0.25, 0.3) is 11.3 Å². The van der Waals surface area contributed by atoms with Gasteiger partial charge in [-0.05, 0) is 31.7 Å². The Hall–Kier alpha value is -2.93. The number of aryl methyl sites for hydroxylation is 2. The molecule has 0 saturated carbocycles. The van der Waals surface area contributed by atoms with Crippen molar-refractivity contribution in [2.24, 2.45) is 0 Å². The number of anilines is 1. The Morgan fingerprint density at radius 2 is 1.97 bits per heavy atom. The molecular weight excluding hydrogens is 384 g/mol. The first-order valence-corrected chi connectivity index (χ1v) is 10.7. The molecule has 1 amide bonds. The molecule has 1 aliphatic heterocycles. The van der Waals surface area contributed by atoms with E-state index in [0.717, 1.165) is 27.9 Å². The van der Waals surface area contributed by atoms with Crippen LogP contribution in [-0.2, 0) is 4.79 Å². The number of para-hydroxylation sites is 1. The van der Waals surface area contributed by atoms with Crippen molar-refractivity contribution in [1.29, 1.82) is 0 Å². The predicted octanol–water partition coefficient (Wildman–Crippen LogP) is 4.71. The van der Waals surface area contributed by atoms with Crippen molar-refractivity contribution in [3.63, 3.8) is 0 Å². The second-order valence-electron chi connectivity index (χ2n) is 6.92. The number of rotatable bonds is 3. The van der Waals surface area contributed by atoms with Gasteiger partial charge in [-0.15, -0.1) is 10.2 Å². The number of thioether (sulfide) groups is 1. The number of hydrogen-bond acceptors (Lipinski definition) is 6. The Kier molecular flexibility index (Phi) is 5.24.